The van der Waals surface area contributed by atoms with Crippen molar-refractivity contribution in [3.05, 3.63) is 48.5 Å². The van der Waals surface area contributed by atoms with Crippen LogP contribution in [0.25, 0.3) is 16.9 Å². The number of halogens is 2. The summed E-state index contributed by atoms with van der Waals surface area (Å²) in [5.41, 5.74) is 2.41. The standard InChI is InChI=1S/C25H26F2N8O3S/c26-25(27)38-20-11-18-21(39-9-5-29-18)10-16(20)22-19(13-34(33-22)7-4-28-15-2-8-37-14-15)32-24(36)17-12-31-35-6-1-3-30-23(17)35/h1,3,6,10-13,15,25,28-29H,2,4-5,7-9,14H2,(H,32,36)/t15-/m1/s1. The molecule has 2 aliphatic heterocycles. The first-order valence-corrected chi connectivity index (χ1v) is 13.5. The molecule has 2 aliphatic rings. The van der Waals surface area contributed by atoms with Gasteiger partial charge in [0.2, 0.25) is 0 Å². The summed E-state index contributed by atoms with van der Waals surface area (Å²) in [4.78, 5) is 18.5. The number of nitrogens with one attached hydrogen (secondary N) is 3. The molecule has 204 valence electrons. The summed E-state index contributed by atoms with van der Waals surface area (Å²) in [6.45, 7) is 0.189. The predicted molar refractivity (Wildman–Crippen MR) is 142 cm³/mol. The number of benzene rings is 1. The molecule has 11 nitrogen and oxygen atoms in total. The molecule has 3 aromatic heterocycles. The Kier molecular flexibility index (Phi) is 7.30. The Hall–Kier alpha value is -3.75. The number of hydrogen-bond donors (Lipinski definition) is 3. The number of amides is 1. The van der Waals surface area contributed by atoms with Crippen LogP contribution in [0.5, 0.6) is 5.75 Å². The SMILES string of the molecule is O=C(Nc1cn(CCN[C@@H]2CCOC2)nc1-c1cc2c(cc1OC(F)F)NCCS2)c1cnn2cccnc12. The topological polar surface area (TPSA) is 120 Å². The number of anilines is 2. The van der Waals surface area contributed by atoms with E-state index < -0.39 is 12.5 Å². The molecule has 1 aromatic carbocycles. The van der Waals surface area contributed by atoms with Crippen LogP contribution in [0, 0.1) is 0 Å². The van der Waals surface area contributed by atoms with E-state index in [1.807, 2.05) is 0 Å². The molecular formula is C25H26F2N8O3S. The van der Waals surface area contributed by atoms with Crippen LogP contribution in [0.2, 0.25) is 0 Å². The number of aromatic nitrogens is 5. The smallest absolute Gasteiger partial charge is 0.387 e. The minimum absolute atomic E-state index is 0.0293. The second-order valence-electron chi connectivity index (χ2n) is 9.07. The Morgan fingerprint density at radius 1 is 1.36 bits per heavy atom. The fraction of sp³-hybridized carbons (Fsp3) is 0.360. The number of nitrogens with zero attached hydrogens (tertiary/aromatic N) is 5. The Balaban J connectivity index is 1.35. The van der Waals surface area contributed by atoms with Crippen LogP contribution in [0.4, 0.5) is 20.2 Å². The summed E-state index contributed by atoms with van der Waals surface area (Å²) >= 11 is 1.61. The molecular weight excluding hydrogens is 530 g/mol. The quantitative estimate of drug-likeness (QED) is 0.285. The third-order valence-corrected chi connectivity index (χ3v) is 7.52. The lowest BCUT2D eigenvalue weighted by Gasteiger charge is -2.20. The van der Waals surface area contributed by atoms with Crippen molar-refractivity contribution < 1.29 is 23.0 Å². The van der Waals surface area contributed by atoms with Gasteiger partial charge in [0.15, 0.2) is 5.65 Å². The van der Waals surface area contributed by atoms with Gasteiger partial charge in [-0.3, -0.25) is 9.48 Å². The van der Waals surface area contributed by atoms with Gasteiger partial charge in [-0.1, -0.05) is 0 Å². The summed E-state index contributed by atoms with van der Waals surface area (Å²) in [5, 5.41) is 18.4. The van der Waals surface area contributed by atoms with Crippen molar-refractivity contribution in [2.75, 3.05) is 42.7 Å². The van der Waals surface area contributed by atoms with Crippen LogP contribution in [0.15, 0.2) is 47.9 Å². The second-order valence-corrected chi connectivity index (χ2v) is 10.2. The van der Waals surface area contributed by atoms with Gasteiger partial charge in [-0.25, -0.2) is 9.50 Å². The Labute approximate surface area is 226 Å². The Bertz CT molecular complexity index is 1490. The summed E-state index contributed by atoms with van der Waals surface area (Å²) in [7, 11) is 0. The number of hydrogen-bond acceptors (Lipinski definition) is 9. The predicted octanol–water partition coefficient (Wildman–Crippen LogP) is 3.34. The van der Waals surface area contributed by atoms with Gasteiger partial charge >= 0.3 is 6.61 Å². The van der Waals surface area contributed by atoms with Crippen LogP contribution in [0.3, 0.4) is 0 Å². The molecule has 14 heteroatoms. The highest BCUT2D eigenvalue weighted by atomic mass is 32.2. The van der Waals surface area contributed by atoms with Crippen molar-refractivity contribution in [1.29, 1.82) is 0 Å². The third-order valence-electron chi connectivity index (χ3n) is 6.47. The largest absolute Gasteiger partial charge is 0.434 e. The van der Waals surface area contributed by atoms with Gasteiger partial charge in [0.05, 0.1) is 30.7 Å². The molecule has 0 unspecified atom stereocenters. The van der Waals surface area contributed by atoms with E-state index >= 15 is 0 Å². The van der Waals surface area contributed by atoms with E-state index in [0.29, 0.717) is 48.8 Å². The first-order valence-electron chi connectivity index (χ1n) is 12.5. The van der Waals surface area contributed by atoms with E-state index in [4.69, 9.17) is 14.6 Å². The van der Waals surface area contributed by atoms with E-state index in [1.54, 1.807) is 53.2 Å². The van der Waals surface area contributed by atoms with Gasteiger partial charge < -0.3 is 25.4 Å². The number of thioether (sulfide) groups is 1. The molecule has 0 aliphatic carbocycles. The van der Waals surface area contributed by atoms with Gasteiger partial charge in [0.1, 0.15) is 17.0 Å². The van der Waals surface area contributed by atoms with Crippen LogP contribution in [-0.2, 0) is 11.3 Å². The van der Waals surface area contributed by atoms with E-state index in [1.165, 1.54) is 10.7 Å². The highest BCUT2D eigenvalue weighted by Gasteiger charge is 2.24. The van der Waals surface area contributed by atoms with Crippen molar-refractivity contribution in [3.8, 4) is 17.0 Å². The zero-order valence-electron chi connectivity index (χ0n) is 20.8. The van der Waals surface area contributed by atoms with Crippen LogP contribution >= 0.6 is 11.8 Å². The fourth-order valence-electron chi connectivity index (χ4n) is 4.62. The Morgan fingerprint density at radius 2 is 2.28 bits per heavy atom. The number of ether oxygens (including phenoxy) is 2. The monoisotopic (exact) mass is 556 g/mol. The molecule has 5 heterocycles. The maximum absolute atomic E-state index is 13.4. The molecule has 0 spiro atoms. The number of rotatable bonds is 9. The fourth-order valence-corrected chi connectivity index (χ4v) is 5.54. The van der Waals surface area contributed by atoms with E-state index in [2.05, 4.69) is 26.0 Å². The molecule has 39 heavy (non-hydrogen) atoms. The number of alkyl halides is 2. The van der Waals surface area contributed by atoms with Gasteiger partial charge in [0, 0.05) is 66.6 Å². The van der Waals surface area contributed by atoms with Gasteiger partial charge in [-0.2, -0.15) is 19.0 Å². The molecule has 0 radical (unpaired) electrons. The van der Waals surface area contributed by atoms with Crippen molar-refractivity contribution in [3.63, 3.8) is 0 Å². The Morgan fingerprint density at radius 3 is 3.13 bits per heavy atom. The highest BCUT2D eigenvalue weighted by molar-refractivity contribution is 7.99. The number of carbonyl (C=O) groups excluding carboxylic acids is 1. The molecule has 4 aromatic rings. The zero-order chi connectivity index (χ0) is 26.8. The van der Waals surface area contributed by atoms with Crippen LogP contribution in [0.1, 0.15) is 16.8 Å². The third kappa shape index (κ3) is 5.53. The molecule has 0 saturated carbocycles. The summed E-state index contributed by atoms with van der Waals surface area (Å²) in [5.74, 6) is 0.354. The average Bonchev–Trinajstić information content (AvgIpc) is 3.68. The first kappa shape index (κ1) is 25.5. The molecule has 0 bridgehead atoms. The number of fused-ring (bicyclic) bond motifs is 2. The van der Waals surface area contributed by atoms with Gasteiger partial charge in [-0.05, 0) is 18.6 Å². The van der Waals surface area contributed by atoms with Gasteiger partial charge in [0.25, 0.3) is 5.91 Å². The molecule has 1 atom stereocenters. The maximum atomic E-state index is 13.4. The molecule has 3 N–H and O–H groups in total. The van der Waals surface area contributed by atoms with E-state index in [-0.39, 0.29) is 17.4 Å². The minimum Gasteiger partial charge on any atom is -0.434 e. The summed E-state index contributed by atoms with van der Waals surface area (Å²) in [6.07, 6.45) is 7.33. The van der Waals surface area contributed by atoms with Crippen molar-refractivity contribution in [2.45, 2.75) is 30.5 Å². The van der Waals surface area contributed by atoms with Crippen molar-refractivity contribution in [1.82, 2.24) is 29.7 Å². The second kappa shape index (κ2) is 11.2. The van der Waals surface area contributed by atoms with E-state index in [0.717, 1.165) is 29.4 Å². The minimum atomic E-state index is -3.03. The molecule has 1 amide bonds. The lowest BCUT2D eigenvalue weighted by Crippen LogP contribution is -2.32. The maximum Gasteiger partial charge on any atom is 0.387 e. The van der Waals surface area contributed by atoms with Crippen molar-refractivity contribution >= 4 is 34.7 Å². The van der Waals surface area contributed by atoms with E-state index in [9.17, 15) is 13.6 Å². The normalized spacial score (nSPS) is 16.8. The lowest BCUT2D eigenvalue weighted by molar-refractivity contribution is -0.0494. The molecule has 6 rings (SSSR count). The summed E-state index contributed by atoms with van der Waals surface area (Å²) < 4.78 is 40.4. The zero-order valence-corrected chi connectivity index (χ0v) is 21.6. The average molecular weight is 557 g/mol. The summed E-state index contributed by atoms with van der Waals surface area (Å²) in [6, 6.07) is 5.32. The van der Waals surface area contributed by atoms with Crippen molar-refractivity contribution in [2.24, 2.45) is 0 Å². The number of carbonyl (C=O) groups is 1. The lowest BCUT2D eigenvalue weighted by atomic mass is 10.1. The first-order chi connectivity index (χ1) is 19.0. The molecule has 1 saturated heterocycles. The highest BCUT2D eigenvalue weighted by Crippen LogP contribution is 2.43. The van der Waals surface area contributed by atoms with Crippen LogP contribution < -0.4 is 20.7 Å². The molecule has 1 fully saturated rings. The van der Waals surface area contributed by atoms with Crippen LogP contribution in [-0.4, -0.2) is 75.0 Å². The van der Waals surface area contributed by atoms with Gasteiger partial charge in [-0.15, -0.1) is 11.8 Å².